The molecule has 1 unspecified atom stereocenters. The molecule has 0 aromatic rings. The third-order valence-corrected chi connectivity index (χ3v) is 2.12. The molecule has 1 rings (SSSR count). The monoisotopic (exact) mass is 200 g/mol. The first-order valence-electron chi connectivity index (χ1n) is 4.46. The van der Waals surface area contributed by atoms with E-state index in [1.807, 2.05) is 0 Å². The van der Waals surface area contributed by atoms with Gasteiger partial charge >= 0.3 is 5.97 Å². The first kappa shape index (κ1) is 10.8. The Kier molecular flexibility index (Phi) is 3.28. The van der Waals surface area contributed by atoms with Crippen LogP contribution in [0.3, 0.4) is 0 Å². The molecule has 1 atom stereocenters. The van der Waals surface area contributed by atoms with Crippen LogP contribution in [-0.4, -0.2) is 17.2 Å². The average molecular weight is 200 g/mol. The molecule has 0 spiro atoms. The highest BCUT2D eigenvalue weighted by atomic mass is 19.1. The van der Waals surface area contributed by atoms with Crippen molar-refractivity contribution in [3.05, 3.63) is 23.2 Å². The van der Waals surface area contributed by atoms with Gasteiger partial charge in [-0.15, -0.1) is 0 Å². The second-order valence-corrected chi connectivity index (χ2v) is 3.34. The van der Waals surface area contributed by atoms with Crippen LogP contribution >= 0.6 is 0 Å². The zero-order valence-electron chi connectivity index (χ0n) is 8.21. The third-order valence-electron chi connectivity index (χ3n) is 2.12. The Labute approximate surface area is 81.9 Å². The highest BCUT2D eigenvalue weighted by molar-refractivity contribution is 5.71. The largest absolute Gasteiger partial charge is 0.483 e. The minimum atomic E-state index is -1.04. The molecule has 0 aromatic heterocycles. The van der Waals surface area contributed by atoms with Crippen molar-refractivity contribution in [3.63, 3.8) is 0 Å². The van der Waals surface area contributed by atoms with E-state index in [2.05, 4.69) is 0 Å². The van der Waals surface area contributed by atoms with E-state index in [1.54, 1.807) is 6.92 Å². The van der Waals surface area contributed by atoms with Crippen LogP contribution in [0.5, 0.6) is 0 Å². The van der Waals surface area contributed by atoms with E-state index >= 15 is 0 Å². The number of carboxylic acid groups (broad SMARTS) is 1. The fourth-order valence-electron chi connectivity index (χ4n) is 1.14. The summed E-state index contributed by atoms with van der Waals surface area (Å²) in [5.41, 5.74) is 0.681. The zero-order valence-corrected chi connectivity index (χ0v) is 8.21. The molecule has 0 bridgehead atoms. The number of allylic oxidation sites excluding steroid dienone is 4. The van der Waals surface area contributed by atoms with Crippen LogP contribution in [-0.2, 0) is 9.53 Å². The summed E-state index contributed by atoms with van der Waals surface area (Å²) in [5, 5.41) is 8.57. The molecule has 78 valence electrons. The molecule has 14 heavy (non-hydrogen) atoms. The predicted molar refractivity (Wildman–Crippen MR) is 49.3 cm³/mol. The number of ether oxygens (including phenoxy) is 1. The van der Waals surface area contributed by atoms with Gasteiger partial charge in [-0.1, -0.05) is 0 Å². The minimum absolute atomic E-state index is 0.316. The van der Waals surface area contributed by atoms with E-state index in [-0.39, 0.29) is 5.83 Å². The molecule has 4 heteroatoms. The van der Waals surface area contributed by atoms with E-state index in [4.69, 9.17) is 9.84 Å². The smallest absolute Gasteiger partial charge is 0.344 e. The summed E-state index contributed by atoms with van der Waals surface area (Å²) in [6, 6.07) is 0. The van der Waals surface area contributed by atoms with Gasteiger partial charge in [0.25, 0.3) is 0 Å². The number of aliphatic carboxylic acids is 1. The van der Waals surface area contributed by atoms with Crippen molar-refractivity contribution in [1.29, 1.82) is 0 Å². The molecule has 1 aliphatic rings. The van der Waals surface area contributed by atoms with Crippen LogP contribution in [0.15, 0.2) is 23.2 Å². The molecule has 0 aliphatic heterocycles. The summed E-state index contributed by atoms with van der Waals surface area (Å²) in [5.74, 6) is -0.954. The lowest BCUT2D eigenvalue weighted by Crippen LogP contribution is -2.20. The maximum atomic E-state index is 13.1. The van der Waals surface area contributed by atoms with Gasteiger partial charge in [-0.3, -0.25) is 0 Å². The average Bonchev–Trinajstić information content (AvgIpc) is 2.11. The van der Waals surface area contributed by atoms with Crippen LogP contribution in [0.1, 0.15) is 26.7 Å². The molecule has 3 nitrogen and oxygen atoms in total. The molecule has 0 saturated carbocycles. The van der Waals surface area contributed by atoms with Gasteiger partial charge in [0.2, 0.25) is 0 Å². The van der Waals surface area contributed by atoms with Gasteiger partial charge < -0.3 is 9.84 Å². The number of carbonyl (C=O) groups is 1. The van der Waals surface area contributed by atoms with Crippen molar-refractivity contribution in [3.8, 4) is 0 Å². The standard InChI is InChI=1S/C10H13FO3/c1-6-3-4-8(5-9(6)11)14-7(2)10(12)13/h5,7H,3-4H2,1-2H3,(H,12,13). The second-order valence-electron chi connectivity index (χ2n) is 3.34. The predicted octanol–water partition coefficient (Wildman–Crippen LogP) is 2.40. The number of hydrogen-bond acceptors (Lipinski definition) is 2. The van der Waals surface area contributed by atoms with E-state index in [9.17, 15) is 9.18 Å². The van der Waals surface area contributed by atoms with Gasteiger partial charge in [0, 0.05) is 12.5 Å². The molecule has 0 amide bonds. The van der Waals surface area contributed by atoms with Crippen molar-refractivity contribution < 1.29 is 19.0 Å². The quantitative estimate of drug-likeness (QED) is 0.760. The molecule has 0 fully saturated rings. The Bertz CT molecular complexity index is 304. The maximum Gasteiger partial charge on any atom is 0.344 e. The van der Waals surface area contributed by atoms with Crippen LogP contribution in [0.2, 0.25) is 0 Å². The number of rotatable bonds is 3. The van der Waals surface area contributed by atoms with Crippen molar-refractivity contribution in [2.45, 2.75) is 32.8 Å². The van der Waals surface area contributed by atoms with Crippen LogP contribution in [0.4, 0.5) is 4.39 Å². The highest BCUT2D eigenvalue weighted by Crippen LogP contribution is 2.25. The molecule has 0 radical (unpaired) electrons. The second kappa shape index (κ2) is 4.26. The van der Waals surface area contributed by atoms with Crippen molar-refractivity contribution >= 4 is 5.97 Å². The molecule has 0 aromatic carbocycles. The van der Waals surface area contributed by atoms with Crippen molar-refractivity contribution in [2.24, 2.45) is 0 Å². The molecular weight excluding hydrogens is 187 g/mol. The SMILES string of the molecule is CC1=C(F)C=C(OC(C)C(=O)O)CC1. The highest BCUT2D eigenvalue weighted by Gasteiger charge is 2.17. The lowest BCUT2D eigenvalue weighted by atomic mass is 10.0. The lowest BCUT2D eigenvalue weighted by Gasteiger charge is -2.17. The van der Waals surface area contributed by atoms with Gasteiger partial charge in [0.1, 0.15) is 11.6 Å². The fraction of sp³-hybridized carbons (Fsp3) is 0.500. The normalized spacial score (nSPS) is 18.9. The molecular formula is C10H13FO3. The number of halogens is 1. The first-order valence-corrected chi connectivity index (χ1v) is 4.46. The Balaban J connectivity index is 2.64. The molecule has 0 heterocycles. The van der Waals surface area contributed by atoms with Crippen LogP contribution in [0, 0.1) is 0 Å². The van der Waals surface area contributed by atoms with E-state index in [1.165, 1.54) is 13.0 Å². The van der Waals surface area contributed by atoms with Gasteiger partial charge in [-0.05, 0) is 25.8 Å². The molecule has 0 saturated heterocycles. The number of hydrogen-bond donors (Lipinski definition) is 1. The summed E-state index contributed by atoms with van der Waals surface area (Å²) in [7, 11) is 0. The van der Waals surface area contributed by atoms with E-state index in [0.29, 0.717) is 24.2 Å². The Morgan fingerprint density at radius 3 is 2.79 bits per heavy atom. The molecule has 1 N–H and O–H groups in total. The van der Waals surface area contributed by atoms with Crippen molar-refractivity contribution in [1.82, 2.24) is 0 Å². The lowest BCUT2D eigenvalue weighted by molar-refractivity contribution is -0.146. The summed E-state index contributed by atoms with van der Waals surface area (Å²) in [4.78, 5) is 10.5. The van der Waals surface area contributed by atoms with E-state index in [0.717, 1.165) is 0 Å². The van der Waals surface area contributed by atoms with Crippen molar-refractivity contribution in [2.75, 3.05) is 0 Å². The summed E-state index contributed by atoms with van der Waals surface area (Å²) >= 11 is 0. The summed E-state index contributed by atoms with van der Waals surface area (Å²) in [6.07, 6.45) is 1.49. The number of carboxylic acids is 1. The van der Waals surface area contributed by atoms with E-state index < -0.39 is 12.1 Å². The third kappa shape index (κ3) is 2.58. The van der Waals surface area contributed by atoms with Gasteiger partial charge in [0.15, 0.2) is 6.10 Å². The zero-order chi connectivity index (χ0) is 10.7. The Hall–Kier alpha value is -1.32. The molecule has 1 aliphatic carbocycles. The summed E-state index contributed by atoms with van der Waals surface area (Å²) in [6.45, 7) is 3.13. The maximum absolute atomic E-state index is 13.1. The van der Waals surface area contributed by atoms with Crippen LogP contribution < -0.4 is 0 Å². The fourth-order valence-corrected chi connectivity index (χ4v) is 1.14. The van der Waals surface area contributed by atoms with Gasteiger partial charge in [-0.25, -0.2) is 9.18 Å². The topological polar surface area (TPSA) is 46.5 Å². The Morgan fingerprint density at radius 2 is 2.29 bits per heavy atom. The Morgan fingerprint density at radius 1 is 1.64 bits per heavy atom. The van der Waals surface area contributed by atoms with Gasteiger partial charge in [-0.2, -0.15) is 0 Å². The van der Waals surface area contributed by atoms with Gasteiger partial charge in [0.05, 0.1) is 0 Å². The first-order chi connectivity index (χ1) is 6.50. The summed E-state index contributed by atoms with van der Waals surface area (Å²) < 4.78 is 18.1. The minimum Gasteiger partial charge on any atom is -0.483 e. The van der Waals surface area contributed by atoms with Crippen LogP contribution in [0.25, 0.3) is 0 Å².